The van der Waals surface area contributed by atoms with Crippen molar-refractivity contribution in [3.63, 3.8) is 0 Å². The molecule has 0 bridgehead atoms. The number of carbonyl (C=O) groups excluding carboxylic acids is 1. The molecular weight excluding hydrogens is 256 g/mol. The van der Waals surface area contributed by atoms with Gasteiger partial charge in [0, 0.05) is 12.0 Å². The van der Waals surface area contributed by atoms with Crippen molar-refractivity contribution >= 4 is 11.9 Å². The molecule has 1 amide bonds. The molecule has 5 heteroatoms. The number of hydrogen-bond donors (Lipinski definition) is 3. The second kappa shape index (κ2) is 6.57. The smallest absolute Gasteiger partial charge is 0.311 e. The van der Waals surface area contributed by atoms with Gasteiger partial charge in [-0.1, -0.05) is 0 Å². The van der Waals surface area contributed by atoms with E-state index in [0.717, 1.165) is 32.4 Å². The monoisotopic (exact) mass is 284 g/mol. The molecule has 0 aliphatic carbocycles. The molecule has 0 atom stereocenters. The van der Waals surface area contributed by atoms with Gasteiger partial charge in [-0.2, -0.15) is 0 Å². The Kier molecular flexibility index (Phi) is 5.57. The van der Waals surface area contributed by atoms with Crippen LogP contribution in [0.4, 0.5) is 0 Å². The van der Waals surface area contributed by atoms with Crippen molar-refractivity contribution in [2.24, 2.45) is 11.3 Å². The zero-order valence-electron chi connectivity index (χ0n) is 13.1. The second-order valence-electron chi connectivity index (χ2n) is 6.84. The van der Waals surface area contributed by atoms with Crippen molar-refractivity contribution in [3.8, 4) is 0 Å². The molecule has 3 N–H and O–H groups in total. The van der Waals surface area contributed by atoms with E-state index in [2.05, 4.69) is 10.6 Å². The molecule has 1 saturated heterocycles. The average molecular weight is 284 g/mol. The van der Waals surface area contributed by atoms with E-state index in [1.807, 2.05) is 0 Å². The molecule has 1 rings (SSSR count). The number of carbonyl (C=O) groups is 2. The molecule has 0 aromatic carbocycles. The Labute approximate surface area is 121 Å². The van der Waals surface area contributed by atoms with E-state index >= 15 is 0 Å². The van der Waals surface area contributed by atoms with Crippen molar-refractivity contribution in [2.45, 2.75) is 58.9 Å². The maximum absolute atomic E-state index is 12.1. The summed E-state index contributed by atoms with van der Waals surface area (Å²) >= 11 is 0. The molecule has 0 aromatic rings. The number of carboxylic acid groups (broad SMARTS) is 1. The van der Waals surface area contributed by atoms with Gasteiger partial charge in [0.2, 0.25) is 5.91 Å². The molecular formula is C15H28N2O3. The van der Waals surface area contributed by atoms with E-state index in [-0.39, 0.29) is 5.91 Å². The van der Waals surface area contributed by atoms with Gasteiger partial charge >= 0.3 is 5.97 Å². The quantitative estimate of drug-likeness (QED) is 0.694. The number of aliphatic carboxylic acids is 1. The molecule has 1 aliphatic rings. The van der Waals surface area contributed by atoms with Crippen LogP contribution in [0.25, 0.3) is 0 Å². The van der Waals surface area contributed by atoms with Gasteiger partial charge in [0.1, 0.15) is 0 Å². The molecule has 0 aromatic heterocycles. The zero-order chi connectivity index (χ0) is 15.4. The molecule has 116 valence electrons. The fourth-order valence-corrected chi connectivity index (χ4v) is 2.34. The minimum atomic E-state index is -1.00. The summed E-state index contributed by atoms with van der Waals surface area (Å²) in [7, 11) is 0. The Bertz CT molecular complexity index is 358. The van der Waals surface area contributed by atoms with Crippen LogP contribution in [0.15, 0.2) is 0 Å². The molecule has 1 heterocycles. The fourth-order valence-electron chi connectivity index (χ4n) is 2.34. The molecule has 1 fully saturated rings. The van der Waals surface area contributed by atoms with Gasteiger partial charge in [0.15, 0.2) is 0 Å². The predicted molar refractivity (Wildman–Crippen MR) is 78.5 cm³/mol. The van der Waals surface area contributed by atoms with Crippen molar-refractivity contribution in [1.29, 1.82) is 0 Å². The molecule has 0 spiro atoms. The van der Waals surface area contributed by atoms with Gasteiger partial charge in [0.05, 0.1) is 5.41 Å². The summed E-state index contributed by atoms with van der Waals surface area (Å²) < 4.78 is 0. The Morgan fingerprint density at radius 3 is 2.25 bits per heavy atom. The number of nitrogens with one attached hydrogen (secondary N) is 2. The lowest BCUT2D eigenvalue weighted by atomic mass is 9.74. The van der Waals surface area contributed by atoms with Crippen LogP contribution in [0.3, 0.4) is 0 Å². The van der Waals surface area contributed by atoms with Crippen molar-refractivity contribution < 1.29 is 14.7 Å². The Morgan fingerprint density at radius 1 is 1.20 bits per heavy atom. The summed E-state index contributed by atoms with van der Waals surface area (Å²) in [5, 5.41) is 15.5. The lowest BCUT2D eigenvalue weighted by Gasteiger charge is -2.39. The van der Waals surface area contributed by atoms with Crippen LogP contribution < -0.4 is 10.6 Å². The van der Waals surface area contributed by atoms with Gasteiger partial charge in [-0.3, -0.25) is 9.59 Å². The van der Waals surface area contributed by atoms with Crippen LogP contribution in [0.2, 0.25) is 0 Å². The van der Waals surface area contributed by atoms with E-state index < -0.39 is 16.9 Å². The molecule has 0 saturated carbocycles. The van der Waals surface area contributed by atoms with E-state index in [1.165, 1.54) is 0 Å². The van der Waals surface area contributed by atoms with Crippen molar-refractivity contribution in [3.05, 3.63) is 0 Å². The van der Waals surface area contributed by atoms with Gasteiger partial charge in [-0.25, -0.2) is 0 Å². The highest BCUT2D eigenvalue weighted by Gasteiger charge is 2.44. The summed E-state index contributed by atoms with van der Waals surface area (Å²) in [5.74, 6) is -0.346. The minimum Gasteiger partial charge on any atom is -0.481 e. The van der Waals surface area contributed by atoms with Gasteiger partial charge < -0.3 is 15.7 Å². The Hall–Kier alpha value is -1.10. The lowest BCUT2D eigenvalue weighted by molar-refractivity contribution is -0.151. The van der Waals surface area contributed by atoms with E-state index in [4.69, 9.17) is 0 Å². The maximum atomic E-state index is 12.1. The summed E-state index contributed by atoms with van der Waals surface area (Å²) in [4.78, 5) is 23.3. The molecule has 20 heavy (non-hydrogen) atoms. The lowest BCUT2D eigenvalue weighted by Crippen LogP contribution is -2.57. The standard InChI is InChI=1S/C15H28N2O3/c1-14(2,13(19)20)15(3,4)17-12(18)6-5-11-7-9-16-10-8-11/h11,16H,5-10H2,1-4H3,(H,17,18)(H,19,20). The topological polar surface area (TPSA) is 78.4 Å². The summed E-state index contributed by atoms with van der Waals surface area (Å²) in [6.45, 7) is 8.88. The van der Waals surface area contributed by atoms with Gasteiger partial charge in [-0.05, 0) is 66.0 Å². The average Bonchev–Trinajstić information content (AvgIpc) is 2.36. The summed E-state index contributed by atoms with van der Waals surface area (Å²) in [6, 6.07) is 0. The van der Waals surface area contributed by atoms with E-state index in [0.29, 0.717) is 12.3 Å². The maximum Gasteiger partial charge on any atom is 0.311 e. The van der Waals surface area contributed by atoms with Crippen LogP contribution in [0, 0.1) is 11.3 Å². The normalized spacial score (nSPS) is 17.8. The van der Waals surface area contributed by atoms with Crippen LogP contribution >= 0.6 is 0 Å². The second-order valence-corrected chi connectivity index (χ2v) is 6.84. The highest BCUT2D eigenvalue weighted by molar-refractivity contribution is 5.80. The summed E-state index contributed by atoms with van der Waals surface area (Å²) in [6.07, 6.45) is 3.61. The van der Waals surface area contributed by atoms with Crippen LogP contribution in [0.1, 0.15) is 53.4 Å². The Balaban J connectivity index is 2.46. The van der Waals surface area contributed by atoms with E-state index in [1.54, 1.807) is 27.7 Å². The first-order valence-corrected chi connectivity index (χ1v) is 7.42. The minimum absolute atomic E-state index is 0.0529. The molecule has 0 radical (unpaired) electrons. The SMILES string of the molecule is CC(C)(NC(=O)CCC1CCNCC1)C(C)(C)C(=O)O. The van der Waals surface area contributed by atoms with Gasteiger partial charge in [-0.15, -0.1) is 0 Å². The zero-order valence-corrected chi connectivity index (χ0v) is 13.1. The van der Waals surface area contributed by atoms with Crippen molar-refractivity contribution in [2.75, 3.05) is 13.1 Å². The number of rotatable bonds is 6. The third-order valence-corrected chi connectivity index (χ3v) is 4.79. The van der Waals surface area contributed by atoms with E-state index in [9.17, 15) is 14.7 Å². The molecule has 0 unspecified atom stereocenters. The Morgan fingerprint density at radius 2 is 1.75 bits per heavy atom. The highest BCUT2D eigenvalue weighted by Crippen LogP contribution is 2.31. The van der Waals surface area contributed by atoms with Crippen LogP contribution in [-0.2, 0) is 9.59 Å². The third kappa shape index (κ3) is 4.20. The largest absolute Gasteiger partial charge is 0.481 e. The van der Waals surface area contributed by atoms with Crippen LogP contribution in [-0.4, -0.2) is 35.6 Å². The highest BCUT2D eigenvalue weighted by atomic mass is 16.4. The summed E-state index contributed by atoms with van der Waals surface area (Å²) in [5.41, 5.74) is -1.78. The predicted octanol–water partition coefficient (Wildman–Crippen LogP) is 1.77. The fraction of sp³-hybridized carbons (Fsp3) is 0.867. The number of amides is 1. The first-order valence-electron chi connectivity index (χ1n) is 7.42. The first kappa shape index (κ1) is 17.0. The van der Waals surface area contributed by atoms with Gasteiger partial charge in [0.25, 0.3) is 0 Å². The van der Waals surface area contributed by atoms with Crippen LogP contribution in [0.5, 0.6) is 0 Å². The third-order valence-electron chi connectivity index (χ3n) is 4.79. The number of piperidine rings is 1. The number of carboxylic acids is 1. The van der Waals surface area contributed by atoms with Crippen molar-refractivity contribution in [1.82, 2.24) is 10.6 Å². The molecule has 1 aliphatic heterocycles. The number of hydrogen-bond acceptors (Lipinski definition) is 3. The molecule has 5 nitrogen and oxygen atoms in total. The first-order chi connectivity index (χ1) is 9.17.